The summed E-state index contributed by atoms with van der Waals surface area (Å²) in [6.45, 7) is 0.787. The zero-order valence-corrected chi connectivity index (χ0v) is 8.48. The predicted molar refractivity (Wildman–Crippen MR) is 49.7 cm³/mol. The Balaban J connectivity index is 2.11. The minimum atomic E-state index is -0.300. The van der Waals surface area contributed by atoms with E-state index >= 15 is 0 Å². The Morgan fingerprint density at radius 2 is 2.33 bits per heavy atom. The van der Waals surface area contributed by atoms with Crippen LogP contribution in [0.2, 0.25) is 0 Å². The van der Waals surface area contributed by atoms with Gasteiger partial charge in [-0.2, -0.15) is 0 Å². The molecule has 0 spiro atoms. The molecule has 1 aliphatic heterocycles. The fourth-order valence-corrected chi connectivity index (χ4v) is 1.67. The normalized spacial score (nSPS) is 27.0. The molecule has 0 N–H and O–H groups in total. The Hall–Kier alpha value is 0.500. The molecule has 72 valence electrons. The van der Waals surface area contributed by atoms with Crippen molar-refractivity contribution in [1.29, 1.82) is 0 Å². The summed E-state index contributed by atoms with van der Waals surface area (Å²) in [7, 11) is 0. The van der Waals surface area contributed by atoms with Crippen LogP contribution in [0.1, 0.15) is 25.7 Å². The average molecular weight is 213 g/mol. The van der Waals surface area contributed by atoms with Crippen molar-refractivity contribution < 1.29 is 9.47 Å². The van der Waals surface area contributed by atoms with Crippen molar-refractivity contribution in [1.82, 2.24) is 0 Å². The zero-order chi connectivity index (χ0) is 8.81. The van der Waals surface area contributed by atoms with Gasteiger partial charge in [0.2, 0.25) is 0 Å². The molecule has 2 nitrogen and oxygen atoms in total. The first kappa shape index (κ1) is 10.6. The van der Waals surface area contributed by atoms with Crippen LogP contribution in [0.15, 0.2) is 0 Å². The van der Waals surface area contributed by atoms with Gasteiger partial charge in [-0.15, -0.1) is 11.6 Å². The number of hydrogen-bond acceptors (Lipinski definition) is 2. The second-order valence-electron chi connectivity index (χ2n) is 2.82. The van der Waals surface area contributed by atoms with E-state index < -0.39 is 0 Å². The van der Waals surface area contributed by atoms with Crippen LogP contribution in [0.4, 0.5) is 0 Å². The van der Waals surface area contributed by atoms with Crippen LogP contribution < -0.4 is 0 Å². The lowest BCUT2D eigenvalue weighted by atomic mass is 10.2. The van der Waals surface area contributed by atoms with E-state index in [2.05, 4.69) is 0 Å². The number of hydrogen-bond donors (Lipinski definition) is 0. The number of ether oxygens (including phenoxy) is 2. The maximum absolute atomic E-state index is 5.83. The second-order valence-corrected chi connectivity index (χ2v) is 3.68. The number of rotatable bonds is 4. The molecule has 2 unspecified atom stereocenters. The monoisotopic (exact) mass is 212 g/mol. The van der Waals surface area contributed by atoms with Crippen LogP contribution in [0.25, 0.3) is 0 Å². The molecule has 1 saturated heterocycles. The highest BCUT2D eigenvalue weighted by Crippen LogP contribution is 2.18. The highest BCUT2D eigenvalue weighted by atomic mass is 35.5. The summed E-state index contributed by atoms with van der Waals surface area (Å²) in [5.41, 5.74) is -0.300. The second kappa shape index (κ2) is 6.03. The zero-order valence-electron chi connectivity index (χ0n) is 6.97. The van der Waals surface area contributed by atoms with Crippen LogP contribution in [-0.2, 0) is 9.47 Å². The third-order valence-corrected chi connectivity index (χ3v) is 2.31. The maximum Gasteiger partial charge on any atom is 0.159 e. The maximum atomic E-state index is 5.83. The fraction of sp³-hybridized carbons (Fsp3) is 1.00. The molecular weight excluding hydrogens is 199 g/mol. The van der Waals surface area contributed by atoms with Crippen LogP contribution in [0, 0.1) is 0 Å². The average Bonchev–Trinajstić information content (AvgIpc) is 2.06. The van der Waals surface area contributed by atoms with Gasteiger partial charge in [0.05, 0.1) is 0 Å². The Bertz CT molecular complexity index is 116. The van der Waals surface area contributed by atoms with Gasteiger partial charge < -0.3 is 9.47 Å². The van der Waals surface area contributed by atoms with Crippen LogP contribution in [0.3, 0.4) is 0 Å². The summed E-state index contributed by atoms with van der Waals surface area (Å²) >= 11 is 11.3. The molecule has 1 rings (SSSR count). The molecule has 0 aromatic carbocycles. The summed E-state index contributed by atoms with van der Waals surface area (Å²) in [6.07, 6.45) is 3.80. The highest BCUT2D eigenvalue weighted by molar-refractivity contribution is 6.21. The van der Waals surface area contributed by atoms with E-state index in [1.165, 1.54) is 0 Å². The van der Waals surface area contributed by atoms with Gasteiger partial charge in [-0.3, -0.25) is 0 Å². The Labute approximate surface area is 83.1 Å². The summed E-state index contributed by atoms with van der Waals surface area (Å²) in [5, 5.41) is 0. The molecule has 1 aliphatic rings. The minimum absolute atomic E-state index is 0.107. The molecule has 1 fully saturated rings. The molecule has 0 aromatic heterocycles. The molecule has 0 bridgehead atoms. The molecule has 4 heteroatoms. The summed E-state index contributed by atoms with van der Waals surface area (Å²) < 4.78 is 10.7. The fourth-order valence-electron chi connectivity index (χ4n) is 1.14. The first-order valence-electron chi connectivity index (χ1n) is 4.30. The smallest absolute Gasteiger partial charge is 0.159 e. The van der Waals surface area contributed by atoms with Gasteiger partial charge in [0.1, 0.15) is 5.56 Å². The molecule has 0 aliphatic carbocycles. The van der Waals surface area contributed by atoms with E-state index in [9.17, 15) is 0 Å². The molecule has 1 heterocycles. The quantitative estimate of drug-likeness (QED) is 0.668. The first-order valence-corrected chi connectivity index (χ1v) is 5.27. The Morgan fingerprint density at radius 3 is 2.92 bits per heavy atom. The largest absolute Gasteiger partial charge is 0.353 e. The molecule has 0 amide bonds. The van der Waals surface area contributed by atoms with Crippen molar-refractivity contribution in [2.45, 2.75) is 37.5 Å². The van der Waals surface area contributed by atoms with Crippen molar-refractivity contribution in [3.8, 4) is 0 Å². The van der Waals surface area contributed by atoms with Crippen LogP contribution in [0.5, 0.6) is 0 Å². The molecule has 2 atom stereocenters. The SMILES string of the molecule is ClCCC(Cl)OC1CCCCO1. The van der Waals surface area contributed by atoms with E-state index in [1.54, 1.807) is 0 Å². The van der Waals surface area contributed by atoms with Gasteiger partial charge in [0.25, 0.3) is 0 Å². The van der Waals surface area contributed by atoms with E-state index in [0.29, 0.717) is 12.3 Å². The molecule has 0 saturated carbocycles. The molecule has 12 heavy (non-hydrogen) atoms. The van der Waals surface area contributed by atoms with Gasteiger partial charge in [0, 0.05) is 18.9 Å². The summed E-state index contributed by atoms with van der Waals surface area (Å²) in [5.74, 6) is 0.529. The van der Waals surface area contributed by atoms with Gasteiger partial charge in [-0.05, 0) is 19.3 Å². The van der Waals surface area contributed by atoms with E-state index in [4.69, 9.17) is 32.7 Å². The topological polar surface area (TPSA) is 18.5 Å². The van der Waals surface area contributed by atoms with Gasteiger partial charge in [-0.25, -0.2) is 0 Å². The van der Waals surface area contributed by atoms with Gasteiger partial charge >= 0.3 is 0 Å². The lowest BCUT2D eigenvalue weighted by Crippen LogP contribution is -2.25. The number of halogens is 2. The molecule has 0 radical (unpaired) electrons. The predicted octanol–water partition coefficient (Wildman–Crippen LogP) is 2.72. The van der Waals surface area contributed by atoms with Crippen LogP contribution >= 0.6 is 23.2 Å². The first-order chi connectivity index (χ1) is 5.83. The summed E-state index contributed by atoms with van der Waals surface area (Å²) in [4.78, 5) is 0. The van der Waals surface area contributed by atoms with Crippen molar-refractivity contribution in [2.24, 2.45) is 0 Å². The lowest BCUT2D eigenvalue weighted by molar-refractivity contribution is -0.171. The van der Waals surface area contributed by atoms with Crippen molar-refractivity contribution in [3.05, 3.63) is 0 Å². The standard InChI is InChI=1S/C8H14Cl2O2/c9-5-4-7(10)12-8-3-1-2-6-11-8/h7-8H,1-6H2. The van der Waals surface area contributed by atoms with E-state index in [0.717, 1.165) is 25.9 Å². The van der Waals surface area contributed by atoms with Crippen molar-refractivity contribution in [2.75, 3.05) is 12.5 Å². The van der Waals surface area contributed by atoms with Gasteiger partial charge in [0.15, 0.2) is 6.29 Å². The van der Waals surface area contributed by atoms with Crippen LogP contribution in [-0.4, -0.2) is 24.3 Å². The van der Waals surface area contributed by atoms with E-state index in [-0.39, 0.29) is 11.9 Å². The Morgan fingerprint density at radius 1 is 1.50 bits per heavy atom. The third kappa shape index (κ3) is 3.94. The molecular formula is C8H14Cl2O2. The van der Waals surface area contributed by atoms with E-state index in [1.807, 2.05) is 0 Å². The minimum Gasteiger partial charge on any atom is -0.353 e. The number of alkyl halides is 2. The Kier molecular flexibility index (Phi) is 5.32. The van der Waals surface area contributed by atoms with Crippen molar-refractivity contribution >= 4 is 23.2 Å². The highest BCUT2D eigenvalue weighted by Gasteiger charge is 2.17. The van der Waals surface area contributed by atoms with Gasteiger partial charge in [-0.1, -0.05) is 11.6 Å². The molecule has 0 aromatic rings. The third-order valence-electron chi connectivity index (χ3n) is 1.77. The van der Waals surface area contributed by atoms with Crippen molar-refractivity contribution in [3.63, 3.8) is 0 Å². The lowest BCUT2D eigenvalue weighted by Gasteiger charge is -2.24. The summed E-state index contributed by atoms with van der Waals surface area (Å²) in [6, 6.07) is 0.